The molecule has 0 unspecified atom stereocenters. The van der Waals surface area contributed by atoms with Gasteiger partial charge < -0.3 is 4.90 Å². The van der Waals surface area contributed by atoms with E-state index in [1.54, 1.807) is 11.9 Å². The summed E-state index contributed by atoms with van der Waals surface area (Å²) in [5.41, 5.74) is -0.0685. The highest BCUT2D eigenvalue weighted by molar-refractivity contribution is 5.99. The number of benzene rings is 2. The Bertz CT molecular complexity index is 1570. The summed E-state index contributed by atoms with van der Waals surface area (Å²) in [4.78, 5) is 16.4. The lowest BCUT2D eigenvalue weighted by Gasteiger charge is -2.45. The first-order chi connectivity index (χ1) is 18.6. The minimum absolute atomic E-state index is 0.102. The van der Waals surface area contributed by atoms with Crippen molar-refractivity contribution in [3.63, 3.8) is 0 Å². The van der Waals surface area contributed by atoms with Crippen molar-refractivity contribution in [2.75, 3.05) is 0 Å². The molecule has 0 saturated carbocycles. The fourth-order valence-corrected chi connectivity index (χ4v) is 5.83. The molecule has 0 radical (unpaired) electrons. The summed E-state index contributed by atoms with van der Waals surface area (Å²) in [5, 5.41) is 12.3. The highest BCUT2D eigenvalue weighted by Crippen LogP contribution is 2.46. The molecular weight excluding hydrogens is 526 g/mol. The molecule has 2 atom stereocenters. The van der Waals surface area contributed by atoms with Gasteiger partial charge >= 0.3 is 6.18 Å². The van der Waals surface area contributed by atoms with Crippen LogP contribution in [-0.2, 0) is 19.6 Å². The lowest BCUT2D eigenvalue weighted by Crippen LogP contribution is -2.50. The molecule has 1 amide bonds. The van der Waals surface area contributed by atoms with Gasteiger partial charge in [-0.05, 0) is 49.9 Å². The number of aromatic nitrogens is 5. The number of hydrogen-bond acceptors (Lipinski definition) is 4. The quantitative estimate of drug-likeness (QED) is 0.255. The van der Waals surface area contributed by atoms with Gasteiger partial charge in [0, 0.05) is 24.2 Å². The maximum Gasteiger partial charge on any atom is 0.418 e. The second-order valence-corrected chi connectivity index (χ2v) is 9.62. The van der Waals surface area contributed by atoms with Crippen molar-refractivity contribution in [3.05, 3.63) is 82.6 Å². The van der Waals surface area contributed by atoms with Crippen LogP contribution in [0.1, 0.15) is 52.5 Å². The predicted molar refractivity (Wildman–Crippen MR) is 125 cm³/mol. The number of carbonyl (C=O) groups is 1. The largest absolute Gasteiger partial charge is 0.418 e. The number of halogens is 6. The van der Waals surface area contributed by atoms with Crippen molar-refractivity contribution in [3.8, 4) is 16.9 Å². The SMILES string of the molecule is Cn1nc2c(c1-c1cc(F)c(F)c(F)c1)C[C@@H]1CCC[C@H]2N1C(=O)c1cccc(C(F)(F)F)c1-n1nccn1. The van der Waals surface area contributed by atoms with Crippen molar-refractivity contribution in [2.45, 2.75) is 43.9 Å². The van der Waals surface area contributed by atoms with E-state index in [1.807, 2.05) is 0 Å². The van der Waals surface area contributed by atoms with E-state index in [9.17, 15) is 31.1 Å². The molecule has 0 spiro atoms. The van der Waals surface area contributed by atoms with Crippen LogP contribution in [-0.4, -0.2) is 41.6 Å². The number of para-hydroxylation sites is 1. The number of carbonyl (C=O) groups excluding carboxylic acids is 1. The Morgan fingerprint density at radius 2 is 1.72 bits per heavy atom. The molecule has 1 saturated heterocycles. The van der Waals surface area contributed by atoms with Gasteiger partial charge in [0.25, 0.3) is 5.91 Å². The van der Waals surface area contributed by atoms with E-state index >= 15 is 0 Å². The van der Waals surface area contributed by atoms with Crippen LogP contribution in [0.15, 0.2) is 42.7 Å². The number of aryl methyl sites for hydroxylation is 1. The van der Waals surface area contributed by atoms with Gasteiger partial charge in [0.15, 0.2) is 17.5 Å². The standard InChI is InChI=1S/C26H20F6N6O/c1-36-23(13-10-18(27)21(29)19(28)11-13)16-12-14-4-2-7-20(22(16)35-36)37(14)25(39)15-5-3-6-17(26(30,31)32)24(15)38-33-8-9-34-38/h3,5-6,8-11,14,20H,2,4,7,12H2,1H3/t14-,20+/m0/s1. The third-order valence-corrected chi connectivity index (χ3v) is 7.36. The number of amides is 1. The number of rotatable bonds is 3. The van der Waals surface area contributed by atoms with E-state index in [0.29, 0.717) is 29.8 Å². The maximum atomic E-state index is 14.1. The summed E-state index contributed by atoms with van der Waals surface area (Å²) in [6, 6.07) is 4.17. The molecule has 4 aromatic rings. The molecule has 2 aliphatic heterocycles. The van der Waals surface area contributed by atoms with Crippen LogP contribution in [0.4, 0.5) is 26.3 Å². The summed E-state index contributed by atoms with van der Waals surface area (Å²) in [5.74, 6) is -4.87. The molecule has 2 bridgehead atoms. The van der Waals surface area contributed by atoms with Crippen molar-refractivity contribution in [1.29, 1.82) is 0 Å². The average Bonchev–Trinajstić information content (AvgIpc) is 3.53. The Morgan fingerprint density at radius 1 is 1.03 bits per heavy atom. The normalized spacial score (nSPS) is 18.8. The summed E-state index contributed by atoms with van der Waals surface area (Å²) in [6.07, 6.45) is -0.252. The molecular formula is C26H20F6N6O. The smallest absolute Gasteiger partial charge is 0.327 e. The van der Waals surface area contributed by atoms with E-state index in [1.165, 1.54) is 29.2 Å². The highest BCUT2D eigenvalue weighted by Gasteiger charge is 2.45. The van der Waals surface area contributed by atoms with E-state index < -0.39 is 52.9 Å². The first-order valence-corrected chi connectivity index (χ1v) is 12.2. The van der Waals surface area contributed by atoms with E-state index in [2.05, 4.69) is 15.3 Å². The van der Waals surface area contributed by atoms with Crippen LogP contribution in [0.5, 0.6) is 0 Å². The van der Waals surface area contributed by atoms with Gasteiger partial charge in [-0.1, -0.05) is 6.07 Å². The van der Waals surface area contributed by atoms with Gasteiger partial charge in [-0.25, -0.2) is 13.2 Å². The fraction of sp³-hybridized carbons (Fsp3) is 0.308. The van der Waals surface area contributed by atoms with Gasteiger partial charge in [0.1, 0.15) is 5.69 Å². The molecule has 2 aromatic carbocycles. The van der Waals surface area contributed by atoms with Gasteiger partial charge in [-0.3, -0.25) is 9.48 Å². The lowest BCUT2D eigenvalue weighted by atomic mass is 9.81. The van der Waals surface area contributed by atoms with Crippen LogP contribution in [0.3, 0.4) is 0 Å². The van der Waals surface area contributed by atoms with Crippen molar-refractivity contribution < 1.29 is 31.1 Å². The Balaban J connectivity index is 1.47. The molecule has 7 nitrogen and oxygen atoms in total. The van der Waals surface area contributed by atoms with Crippen LogP contribution in [0.2, 0.25) is 0 Å². The van der Waals surface area contributed by atoms with E-state index in [0.717, 1.165) is 29.4 Å². The molecule has 13 heteroatoms. The van der Waals surface area contributed by atoms with Gasteiger partial charge in [0.2, 0.25) is 0 Å². The van der Waals surface area contributed by atoms with Gasteiger partial charge in [0.05, 0.1) is 41.0 Å². The molecule has 202 valence electrons. The predicted octanol–water partition coefficient (Wildman–Crippen LogP) is 5.40. The van der Waals surface area contributed by atoms with E-state index in [-0.39, 0.29) is 17.5 Å². The minimum Gasteiger partial charge on any atom is -0.327 e. The van der Waals surface area contributed by atoms with Crippen molar-refractivity contribution >= 4 is 5.91 Å². The van der Waals surface area contributed by atoms with Crippen molar-refractivity contribution in [2.24, 2.45) is 7.05 Å². The first kappa shape index (κ1) is 25.1. The van der Waals surface area contributed by atoms with Crippen LogP contribution in [0, 0.1) is 17.5 Å². The molecule has 0 aliphatic carbocycles. The Morgan fingerprint density at radius 3 is 2.38 bits per heavy atom. The summed E-state index contributed by atoms with van der Waals surface area (Å²) < 4.78 is 85.1. The molecule has 2 aromatic heterocycles. The van der Waals surface area contributed by atoms with Crippen LogP contribution < -0.4 is 0 Å². The molecule has 1 fully saturated rings. The Hall–Kier alpha value is -4.16. The molecule has 2 aliphatic rings. The monoisotopic (exact) mass is 546 g/mol. The van der Waals surface area contributed by atoms with Gasteiger partial charge in [-0.15, -0.1) is 0 Å². The lowest BCUT2D eigenvalue weighted by molar-refractivity contribution is -0.137. The summed E-state index contributed by atoms with van der Waals surface area (Å²) >= 11 is 0. The number of alkyl halides is 3. The Kier molecular flexibility index (Phi) is 5.77. The molecule has 39 heavy (non-hydrogen) atoms. The average molecular weight is 546 g/mol. The topological polar surface area (TPSA) is 68.8 Å². The number of nitrogens with zero attached hydrogens (tertiary/aromatic N) is 6. The summed E-state index contributed by atoms with van der Waals surface area (Å²) in [7, 11) is 1.58. The third-order valence-electron chi connectivity index (χ3n) is 7.36. The van der Waals surface area contributed by atoms with Crippen LogP contribution in [0.25, 0.3) is 16.9 Å². The first-order valence-electron chi connectivity index (χ1n) is 12.2. The van der Waals surface area contributed by atoms with Gasteiger partial charge in [-0.2, -0.15) is 33.3 Å². The van der Waals surface area contributed by atoms with Crippen molar-refractivity contribution in [1.82, 2.24) is 29.7 Å². The number of piperidine rings is 1. The number of hydrogen-bond donors (Lipinski definition) is 0. The zero-order valence-corrected chi connectivity index (χ0v) is 20.4. The third kappa shape index (κ3) is 3.98. The maximum absolute atomic E-state index is 14.1. The zero-order valence-electron chi connectivity index (χ0n) is 20.4. The summed E-state index contributed by atoms with van der Waals surface area (Å²) in [6.45, 7) is 0. The Labute approximate surface area is 217 Å². The number of fused-ring (bicyclic) bond motifs is 4. The second-order valence-electron chi connectivity index (χ2n) is 9.62. The zero-order chi connectivity index (χ0) is 27.6. The minimum atomic E-state index is -4.76. The molecule has 0 N–H and O–H groups in total. The second kappa shape index (κ2) is 8.95. The van der Waals surface area contributed by atoms with E-state index in [4.69, 9.17) is 0 Å². The highest BCUT2D eigenvalue weighted by atomic mass is 19.4. The fourth-order valence-electron chi connectivity index (χ4n) is 5.83. The molecule has 6 rings (SSSR count). The molecule has 4 heterocycles. The van der Waals surface area contributed by atoms with Crippen LogP contribution >= 0.6 is 0 Å².